The Morgan fingerprint density at radius 1 is 1.06 bits per heavy atom. The molecule has 1 unspecified atom stereocenters. The van der Waals surface area contributed by atoms with E-state index in [9.17, 15) is 14.3 Å². The maximum absolute atomic E-state index is 13.6. The smallest absolute Gasteiger partial charge is 0.408 e. The molecule has 1 fully saturated rings. The first kappa shape index (κ1) is 21.4. The lowest BCUT2D eigenvalue weighted by Crippen LogP contribution is -2.49. The first-order valence-corrected chi connectivity index (χ1v) is 10.9. The lowest BCUT2D eigenvalue weighted by molar-refractivity contribution is 0.102. The number of rotatable bonds is 6. The van der Waals surface area contributed by atoms with Gasteiger partial charge in [-0.05, 0) is 37.1 Å². The number of aryl methyl sites for hydroxylation is 1. The molecule has 4 heterocycles. The highest BCUT2D eigenvalue weighted by Crippen LogP contribution is 2.22. The quantitative estimate of drug-likeness (QED) is 0.470. The van der Waals surface area contributed by atoms with Crippen molar-refractivity contribution in [3.8, 4) is 0 Å². The predicted octanol–water partition coefficient (Wildman–Crippen LogP) is 1.78. The third-order valence-corrected chi connectivity index (χ3v) is 5.90. The van der Waals surface area contributed by atoms with Crippen molar-refractivity contribution in [3.05, 3.63) is 64.9 Å². The molecule has 1 atom stereocenters. The number of β-amino-alcohol motifs (C(OH)–C–C–N with tert-alkyl or cyclic N) is 1. The van der Waals surface area contributed by atoms with Crippen molar-refractivity contribution < 1.29 is 13.9 Å². The van der Waals surface area contributed by atoms with E-state index < -0.39 is 17.7 Å². The number of piperazine rings is 1. The van der Waals surface area contributed by atoms with Crippen molar-refractivity contribution >= 4 is 27.8 Å². The zero-order chi connectivity index (χ0) is 22.8. The van der Waals surface area contributed by atoms with Crippen LogP contribution in [0.25, 0.3) is 22.0 Å². The van der Waals surface area contributed by atoms with Gasteiger partial charge in [-0.15, -0.1) is 0 Å². The molecule has 0 spiro atoms. The van der Waals surface area contributed by atoms with Crippen LogP contribution in [-0.2, 0) is 6.42 Å². The van der Waals surface area contributed by atoms with Crippen LogP contribution in [0.3, 0.4) is 0 Å². The molecule has 0 amide bonds. The number of halogens is 1. The largest absolute Gasteiger partial charge is 0.439 e. The minimum Gasteiger partial charge on any atom is -0.408 e. The van der Waals surface area contributed by atoms with Crippen LogP contribution in [0.2, 0.25) is 0 Å². The van der Waals surface area contributed by atoms with E-state index in [-0.39, 0.29) is 0 Å². The molecule has 1 aromatic carbocycles. The van der Waals surface area contributed by atoms with E-state index in [0.717, 1.165) is 43.0 Å². The van der Waals surface area contributed by atoms with Gasteiger partial charge in [0.15, 0.2) is 5.82 Å². The van der Waals surface area contributed by atoms with Crippen LogP contribution in [0.15, 0.2) is 52.1 Å². The molecule has 5 rings (SSSR count). The van der Waals surface area contributed by atoms with Crippen molar-refractivity contribution in [1.82, 2.24) is 24.8 Å². The Morgan fingerprint density at radius 3 is 2.73 bits per heavy atom. The highest BCUT2D eigenvalue weighted by atomic mass is 19.1. The molecule has 0 bridgehead atoms. The summed E-state index contributed by atoms with van der Waals surface area (Å²) < 4.78 is 18.7. The van der Waals surface area contributed by atoms with Crippen LogP contribution in [0.1, 0.15) is 12.1 Å². The van der Waals surface area contributed by atoms with Crippen LogP contribution >= 0.6 is 0 Å². The Morgan fingerprint density at radius 2 is 1.88 bits per heavy atom. The monoisotopic (exact) mass is 450 g/mol. The number of hydrogen-bond donors (Lipinski definition) is 1. The number of aliphatic hydroxyl groups excluding tert-OH is 1. The summed E-state index contributed by atoms with van der Waals surface area (Å²) in [7, 11) is 0. The van der Waals surface area contributed by atoms with Gasteiger partial charge in [0.1, 0.15) is 16.9 Å². The summed E-state index contributed by atoms with van der Waals surface area (Å²) in [5.74, 6) is -0.320. The summed E-state index contributed by atoms with van der Waals surface area (Å²) in [6.45, 7) is 3.58. The molecule has 0 saturated carbocycles. The minimum absolute atomic E-state index is 0.295. The van der Waals surface area contributed by atoms with Gasteiger partial charge in [-0.1, -0.05) is 0 Å². The SMILES string of the molecule is O=c1nc(CCC(O)CN2CCN(c3nccc4nccnc34)CC2)c2cc(F)ccc2o1. The lowest BCUT2D eigenvalue weighted by Gasteiger charge is -2.36. The van der Waals surface area contributed by atoms with Crippen LogP contribution < -0.4 is 10.7 Å². The van der Waals surface area contributed by atoms with E-state index >= 15 is 0 Å². The Kier molecular flexibility index (Phi) is 5.93. The Bertz CT molecular complexity index is 1330. The number of pyridine rings is 1. The summed E-state index contributed by atoms with van der Waals surface area (Å²) in [5, 5.41) is 11.1. The summed E-state index contributed by atoms with van der Waals surface area (Å²) >= 11 is 0. The van der Waals surface area contributed by atoms with Crippen LogP contribution in [0.4, 0.5) is 10.2 Å². The minimum atomic E-state index is -0.721. The van der Waals surface area contributed by atoms with Crippen molar-refractivity contribution in [3.63, 3.8) is 0 Å². The van der Waals surface area contributed by atoms with Gasteiger partial charge < -0.3 is 14.4 Å². The van der Waals surface area contributed by atoms with Crippen molar-refractivity contribution in [2.24, 2.45) is 0 Å². The average Bonchev–Trinajstić information content (AvgIpc) is 2.83. The summed E-state index contributed by atoms with van der Waals surface area (Å²) in [4.78, 5) is 33.3. The summed E-state index contributed by atoms with van der Waals surface area (Å²) in [6, 6.07) is 5.81. The molecule has 0 radical (unpaired) electrons. The fraction of sp³-hybridized carbons (Fsp3) is 0.348. The van der Waals surface area contributed by atoms with E-state index in [0.29, 0.717) is 36.0 Å². The van der Waals surface area contributed by atoms with E-state index in [1.165, 1.54) is 18.2 Å². The second-order valence-corrected chi connectivity index (χ2v) is 8.11. The van der Waals surface area contributed by atoms with E-state index in [4.69, 9.17) is 4.42 Å². The van der Waals surface area contributed by atoms with E-state index in [1.807, 2.05) is 6.07 Å². The number of fused-ring (bicyclic) bond motifs is 2. The molecule has 1 N–H and O–H groups in total. The van der Waals surface area contributed by atoms with E-state index in [1.54, 1.807) is 18.6 Å². The number of aliphatic hydroxyl groups is 1. The number of benzene rings is 1. The van der Waals surface area contributed by atoms with Gasteiger partial charge in [0, 0.05) is 56.7 Å². The second kappa shape index (κ2) is 9.16. The first-order valence-electron chi connectivity index (χ1n) is 10.9. The molecule has 1 aliphatic rings. The molecule has 1 aliphatic heterocycles. The molecule has 33 heavy (non-hydrogen) atoms. The van der Waals surface area contributed by atoms with Crippen molar-refractivity contribution in [1.29, 1.82) is 0 Å². The summed E-state index contributed by atoms with van der Waals surface area (Å²) in [6.07, 6.45) is 5.24. The molecule has 0 aliphatic carbocycles. The highest BCUT2D eigenvalue weighted by Gasteiger charge is 2.22. The van der Waals surface area contributed by atoms with Crippen molar-refractivity contribution in [2.75, 3.05) is 37.6 Å². The Labute approximate surface area is 188 Å². The van der Waals surface area contributed by atoms with Crippen LogP contribution in [-0.4, -0.2) is 68.8 Å². The second-order valence-electron chi connectivity index (χ2n) is 8.11. The molecular weight excluding hydrogens is 427 g/mol. The van der Waals surface area contributed by atoms with Gasteiger partial charge in [0.05, 0.1) is 17.3 Å². The molecule has 170 valence electrons. The topological polar surface area (TPSA) is 108 Å². The number of nitrogens with zero attached hydrogens (tertiary/aromatic N) is 6. The normalized spacial score (nSPS) is 15.9. The standard InChI is InChI=1S/C23H23FN6O3/c24-15-1-4-20-17(13-15)18(28-23(32)33-20)3-2-16(31)14-29-9-11-30(12-10-29)22-21-19(5-6-27-22)25-7-8-26-21/h1,4-8,13,16,31H,2-3,9-12,14H2. The number of aromatic nitrogens is 4. The van der Waals surface area contributed by atoms with Crippen molar-refractivity contribution in [2.45, 2.75) is 18.9 Å². The molecule has 3 aromatic heterocycles. The Hall–Kier alpha value is -3.50. The summed E-state index contributed by atoms with van der Waals surface area (Å²) in [5.41, 5.74) is 2.34. The zero-order valence-electron chi connectivity index (χ0n) is 17.9. The van der Waals surface area contributed by atoms with Crippen LogP contribution in [0, 0.1) is 5.82 Å². The van der Waals surface area contributed by atoms with Crippen LogP contribution in [0.5, 0.6) is 0 Å². The molecule has 10 heteroatoms. The first-order chi connectivity index (χ1) is 16.1. The average molecular weight is 450 g/mol. The van der Waals surface area contributed by atoms with Gasteiger partial charge in [0.25, 0.3) is 0 Å². The molecule has 4 aromatic rings. The van der Waals surface area contributed by atoms with Gasteiger partial charge in [0.2, 0.25) is 0 Å². The third-order valence-electron chi connectivity index (χ3n) is 5.90. The van der Waals surface area contributed by atoms with Gasteiger partial charge >= 0.3 is 5.76 Å². The van der Waals surface area contributed by atoms with Gasteiger partial charge in [-0.25, -0.2) is 19.2 Å². The van der Waals surface area contributed by atoms with Gasteiger partial charge in [-0.3, -0.25) is 9.88 Å². The fourth-order valence-electron chi connectivity index (χ4n) is 4.24. The Balaban J connectivity index is 1.18. The predicted molar refractivity (Wildman–Crippen MR) is 121 cm³/mol. The molecule has 1 saturated heterocycles. The lowest BCUT2D eigenvalue weighted by atomic mass is 10.1. The van der Waals surface area contributed by atoms with Gasteiger partial charge in [-0.2, -0.15) is 4.98 Å². The maximum atomic E-state index is 13.6. The highest BCUT2D eigenvalue weighted by molar-refractivity contribution is 5.85. The molecule has 9 nitrogen and oxygen atoms in total. The molecular formula is C23H23FN6O3. The third kappa shape index (κ3) is 4.67. The maximum Gasteiger partial charge on any atom is 0.439 e. The number of hydrogen-bond acceptors (Lipinski definition) is 9. The zero-order valence-corrected chi connectivity index (χ0v) is 17.9. The van der Waals surface area contributed by atoms with E-state index in [2.05, 4.69) is 29.7 Å². The number of anilines is 1. The fourth-order valence-corrected chi connectivity index (χ4v) is 4.24.